The van der Waals surface area contributed by atoms with Gasteiger partial charge in [-0.25, -0.2) is 0 Å². The number of halogens is 1. The van der Waals surface area contributed by atoms with Crippen molar-refractivity contribution in [1.82, 2.24) is 0 Å². The predicted molar refractivity (Wildman–Crippen MR) is 58.9 cm³/mol. The highest BCUT2D eigenvalue weighted by Gasteiger charge is 2.18. The molecule has 2 rings (SSSR count). The van der Waals surface area contributed by atoms with Gasteiger partial charge in [-0.1, -0.05) is 36.9 Å². The zero-order valence-corrected chi connectivity index (χ0v) is 8.93. The van der Waals surface area contributed by atoms with Crippen LogP contribution in [0.2, 0.25) is 5.02 Å². The Morgan fingerprint density at radius 3 is 2.50 bits per heavy atom. The van der Waals surface area contributed by atoms with Crippen LogP contribution in [0.25, 0.3) is 0 Å². The SMILES string of the molecule is Oc1cc(Cl)ccc1C1CCCCC1. The molecule has 1 aromatic carbocycles. The van der Waals surface area contributed by atoms with E-state index in [0.717, 1.165) is 5.56 Å². The average Bonchev–Trinajstić information content (AvgIpc) is 2.19. The molecule has 1 aliphatic rings. The summed E-state index contributed by atoms with van der Waals surface area (Å²) in [5.74, 6) is 0.908. The lowest BCUT2D eigenvalue weighted by molar-refractivity contribution is 0.414. The molecule has 0 radical (unpaired) electrons. The summed E-state index contributed by atoms with van der Waals surface area (Å²) < 4.78 is 0. The molecule has 0 aliphatic heterocycles. The van der Waals surface area contributed by atoms with Crippen LogP contribution >= 0.6 is 11.6 Å². The van der Waals surface area contributed by atoms with Gasteiger partial charge in [-0.15, -0.1) is 0 Å². The quantitative estimate of drug-likeness (QED) is 0.740. The standard InChI is InChI=1S/C12H15ClO/c13-10-6-7-11(12(14)8-10)9-4-2-1-3-5-9/h6-9,14H,1-5H2. The number of phenolic OH excluding ortho intramolecular Hbond substituents is 1. The summed E-state index contributed by atoms with van der Waals surface area (Å²) in [7, 11) is 0. The highest BCUT2D eigenvalue weighted by atomic mass is 35.5. The molecular formula is C12H15ClO. The topological polar surface area (TPSA) is 20.2 Å². The van der Waals surface area contributed by atoms with Gasteiger partial charge >= 0.3 is 0 Å². The summed E-state index contributed by atoms with van der Waals surface area (Å²) in [5.41, 5.74) is 1.08. The summed E-state index contributed by atoms with van der Waals surface area (Å²) in [6.45, 7) is 0. The lowest BCUT2D eigenvalue weighted by atomic mass is 9.84. The van der Waals surface area contributed by atoms with Crippen molar-refractivity contribution >= 4 is 11.6 Å². The molecule has 0 amide bonds. The Hall–Kier alpha value is -0.690. The van der Waals surface area contributed by atoms with Gasteiger partial charge in [0.15, 0.2) is 0 Å². The van der Waals surface area contributed by atoms with E-state index in [1.165, 1.54) is 32.1 Å². The molecule has 14 heavy (non-hydrogen) atoms. The molecular weight excluding hydrogens is 196 g/mol. The van der Waals surface area contributed by atoms with Gasteiger partial charge in [0.05, 0.1) is 0 Å². The summed E-state index contributed by atoms with van der Waals surface area (Å²) >= 11 is 5.80. The molecule has 76 valence electrons. The Balaban J connectivity index is 2.22. The molecule has 0 spiro atoms. The minimum Gasteiger partial charge on any atom is -0.508 e. The first-order valence-electron chi connectivity index (χ1n) is 5.26. The van der Waals surface area contributed by atoms with E-state index in [1.54, 1.807) is 6.07 Å². The summed E-state index contributed by atoms with van der Waals surface area (Å²) in [6.07, 6.45) is 6.31. The van der Waals surface area contributed by atoms with Gasteiger partial charge in [0.25, 0.3) is 0 Å². The highest BCUT2D eigenvalue weighted by molar-refractivity contribution is 6.30. The molecule has 1 saturated carbocycles. The molecule has 0 bridgehead atoms. The second kappa shape index (κ2) is 4.22. The molecule has 1 N–H and O–H groups in total. The molecule has 0 atom stereocenters. The first-order chi connectivity index (χ1) is 6.77. The fourth-order valence-corrected chi connectivity index (χ4v) is 2.44. The zero-order valence-electron chi connectivity index (χ0n) is 8.17. The second-order valence-corrected chi connectivity index (χ2v) is 4.47. The molecule has 1 fully saturated rings. The molecule has 0 unspecified atom stereocenters. The molecule has 1 aliphatic carbocycles. The van der Waals surface area contributed by atoms with Crippen LogP contribution < -0.4 is 0 Å². The Morgan fingerprint density at radius 2 is 1.86 bits per heavy atom. The molecule has 0 saturated heterocycles. The minimum absolute atomic E-state index is 0.365. The van der Waals surface area contributed by atoms with Crippen molar-refractivity contribution in [2.75, 3.05) is 0 Å². The maximum Gasteiger partial charge on any atom is 0.120 e. The van der Waals surface area contributed by atoms with Gasteiger partial charge in [-0.3, -0.25) is 0 Å². The van der Waals surface area contributed by atoms with Crippen molar-refractivity contribution in [3.05, 3.63) is 28.8 Å². The van der Waals surface area contributed by atoms with Gasteiger partial charge in [0.1, 0.15) is 5.75 Å². The van der Waals surface area contributed by atoms with Gasteiger partial charge < -0.3 is 5.11 Å². The number of hydrogen-bond acceptors (Lipinski definition) is 1. The molecule has 2 heteroatoms. The van der Waals surface area contributed by atoms with Crippen LogP contribution in [-0.2, 0) is 0 Å². The monoisotopic (exact) mass is 210 g/mol. The second-order valence-electron chi connectivity index (χ2n) is 4.04. The Kier molecular flexibility index (Phi) is 2.97. The van der Waals surface area contributed by atoms with E-state index in [2.05, 4.69) is 0 Å². The average molecular weight is 211 g/mol. The van der Waals surface area contributed by atoms with Crippen molar-refractivity contribution in [3.8, 4) is 5.75 Å². The van der Waals surface area contributed by atoms with Crippen LogP contribution in [0.5, 0.6) is 5.75 Å². The van der Waals surface area contributed by atoms with Crippen LogP contribution in [0.15, 0.2) is 18.2 Å². The number of benzene rings is 1. The van der Waals surface area contributed by atoms with Crippen LogP contribution in [0.3, 0.4) is 0 Å². The van der Waals surface area contributed by atoms with Crippen LogP contribution in [-0.4, -0.2) is 5.11 Å². The maximum absolute atomic E-state index is 9.76. The largest absolute Gasteiger partial charge is 0.508 e. The first-order valence-corrected chi connectivity index (χ1v) is 5.63. The van der Waals surface area contributed by atoms with E-state index in [4.69, 9.17) is 11.6 Å². The van der Waals surface area contributed by atoms with Gasteiger partial charge in [0.2, 0.25) is 0 Å². The number of hydrogen-bond donors (Lipinski definition) is 1. The summed E-state index contributed by atoms with van der Waals surface area (Å²) in [6, 6.07) is 5.48. The van der Waals surface area contributed by atoms with E-state index < -0.39 is 0 Å². The Morgan fingerprint density at radius 1 is 1.14 bits per heavy atom. The molecule has 0 heterocycles. The predicted octanol–water partition coefficient (Wildman–Crippen LogP) is 4.09. The van der Waals surface area contributed by atoms with Gasteiger partial charge in [0, 0.05) is 5.02 Å². The fraction of sp³-hybridized carbons (Fsp3) is 0.500. The van der Waals surface area contributed by atoms with Gasteiger partial charge in [-0.05, 0) is 36.5 Å². The number of phenols is 1. The van der Waals surface area contributed by atoms with E-state index >= 15 is 0 Å². The van der Waals surface area contributed by atoms with Crippen molar-refractivity contribution in [3.63, 3.8) is 0 Å². The highest BCUT2D eigenvalue weighted by Crippen LogP contribution is 2.37. The minimum atomic E-state index is 0.365. The normalized spacial score (nSPS) is 18.4. The van der Waals surface area contributed by atoms with Crippen LogP contribution in [0.1, 0.15) is 43.6 Å². The Bertz CT molecular complexity index is 316. The van der Waals surface area contributed by atoms with Crippen LogP contribution in [0, 0.1) is 0 Å². The third-order valence-electron chi connectivity index (χ3n) is 3.04. The summed E-state index contributed by atoms with van der Waals surface area (Å²) in [4.78, 5) is 0. The van der Waals surface area contributed by atoms with E-state index in [1.807, 2.05) is 12.1 Å². The lowest BCUT2D eigenvalue weighted by Gasteiger charge is -2.22. The molecule has 1 aromatic rings. The van der Waals surface area contributed by atoms with E-state index in [9.17, 15) is 5.11 Å². The van der Waals surface area contributed by atoms with Crippen molar-refractivity contribution in [2.24, 2.45) is 0 Å². The van der Waals surface area contributed by atoms with E-state index in [-0.39, 0.29) is 0 Å². The fourth-order valence-electron chi connectivity index (χ4n) is 2.28. The number of rotatable bonds is 1. The Labute approximate surface area is 89.7 Å². The van der Waals surface area contributed by atoms with Crippen molar-refractivity contribution < 1.29 is 5.11 Å². The van der Waals surface area contributed by atoms with Gasteiger partial charge in [-0.2, -0.15) is 0 Å². The maximum atomic E-state index is 9.76. The lowest BCUT2D eigenvalue weighted by Crippen LogP contribution is -2.04. The van der Waals surface area contributed by atoms with Crippen molar-refractivity contribution in [2.45, 2.75) is 38.0 Å². The van der Waals surface area contributed by atoms with Crippen LogP contribution in [0.4, 0.5) is 0 Å². The third kappa shape index (κ3) is 2.03. The third-order valence-corrected chi connectivity index (χ3v) is 3.27. The summed E-state index contributed by atoms with van der Waals surface area (Å²) in [5, 5.41) is 10.4. The van der Waals surface area contributed by atoms with E-state index in [0.29, 0.717) is 16.7 Å². The molecule has 0 aromatic heterocycles. The zero-order chi connectivity index (χ0) is 9.97. The smallest absolute Gasteiger partial charge is 0.120 e. The number of aromatic hydroxyl groups is 1. The van der Waals surface area contributed by atoms with Crippen molar-refractivity contribution in [1.29, 1.82) is 0 Å². The molecule has 1 nitrogen and oxygen atoms in total. The first kappa shape index (κ1) is 9.85.